The number of nitrogens with zero attached hydrogens (tertiary/aromatic N) is 2. The molecule has 140 valence electrons. The Morgan fingerprint density at radius 3 is 2.41 bits per heavy atom. The fourth-order valence-corrected chi connectivity index (χ4v) is 3.37. The molecular formula is C21H20BrN2O3-. The lowest BCUT2D eigenvalue weighted by Crippen LogP contribution is -2.28. The maximum Gasteiger partial charge on any atom is 0.243 e. The van der Waals surface area contributed by atoms with Gasteiger partial charge in [0, 0.05) is 23.3 Å². The maximum absolute atomic E-state index is 12.7. The molecule has 3 rings (SSSR count). The van der Waals surface area contributed by atoms with Gasteiger partial charge in [0.05, 0.1) is 11.8 Å². The van der Waals surface area contributed by atoms with E-state index >= 15 is 0 Å². The van der Waals surface area contributed by atoms with Crippen LogP contribution in [0.5, 0.6) is 0 Å². The number of hydrazone groups is 1. The van der Waals surface area contributed by atoms with Crippen LogP contribution in [0.1, 0.15) is 48.4 Å². The minimum atomic E-state index is -1.14. The zero-order valence-corrected chi connectivity index (χ0v) is 16.6. The Balaban J connectivity index is 1.85. The predicted molar refractivity (Wildman–Crippen MR) is 105 cm³/mol. The van der Waals surface area contributed by atoms with E-state index < -0.39 is 5.97 Å². The van der Waals surface area contributed by atoms with Crippen molar-refractivity contribution >= 4 is 33.5 Å². The van der Waals surface area contributed by atoms with Crippen LogP contribution in [0, 0.1) is 6.92 Å². The first-order valence-corrected chi connectivity index (χ1v) is 9.65. The van der Waals surface area contributed by atoms with E-state index in [1.807, 2.05) is 55.5 Å². The van der Waals surface area contributed by atoms with Crippen LogP contribution < -0.4 is 5.11 Å². The molecular weight excluding hydrogens is 408 g/mol. The van der Waals surface area contributed by atoms with Crippen molar-refractivity contribution in [3.8, 4) is 0 Å². The van der Waals surface area contributed by atoms with E-state index in [1.54, 1.807) is 0 Å². The maximum atomic E-state index is 12.7. The molecule has 27 heavy (non-hydrogen) atoms. The zero-order chi connectivity index (χ0) is 19.4. The molecule has 6 heteroatoms. The minimum absolute atomic E-state index is 0.128. The number of halogens is 1. The summed E-state index contributed by atoms with van der Waals surface area (Å²) in [4.78, 5) is 23.3. The standard InChI is InChI=1S/C21H21BrN2O3/c1-14-5-7-15(8-6-14)18-13-19(16-9-11-17(22)12-10-16)24(23-18)20(25)3-2-4-21(26)27/h5-12,19H,2-4,13H2,1H3,(H,26,27)/p-1/t19-/m0/s1. The fourth-order valence-electron chi connectivity index (χ4n) is 3.10. The summed E-state index contributed by atoms with van der Waals surface area (Å²) in [5.74, 6) is -1.32. The van der Waals surface area contributed by atoms with Gasteiger partial charge in [-0.1, -0.05) is 57.9 Å². The molecule has 0 saturated carbocycles. The lowest BCUT2D eigenvalue weighted by Gasteiger charge is -2.22. The molecule has 0 spiro atoms. The molecule has 2 aromatic rings. The third-order valence-corrected chi connectivity index (χ3v) is 5.11. The highest BCUT2D eigenvalue weighted by molar-refractivity contribution is 9.10. The number of aryl methyl sites for hydroxylation is 1. The number of benzene rings is 2. The molecule has 0 radical (unpaired) electrons. The predicted octanol–water partition coefficient (Wildman–Crippen LogP) is 3.36. The lowest BCUT2D eigenvalue weighted by atomic mass is 9.98. The smallest absolute Gasteiger partial charge is 0.243 e. The van der Waals surface area contributed by atoms with Crippen LogP contribution in [0.15, 0.2) is 58.1 Å². The third kappa shape index (κ3) is 4.83. The number of amides is 1. The number of hydrogen-bond acceptors (Lipinski definition) is 4. The summed E-state index contributed by atoms with van der Waals surface area (Å²) in [6.07, 6.45) is 0.875. The Morgan fingerprint density at radius 1 is 1.11 bits per heavy atom. The van der Waals surface area contributed by atoms with E-state index in [0.29, 0.717) is 6.42 Å². The van der Waals surface area contributed by atoms with Gasteiger partial charge < -0.3 is 9.90 Å². The molecule has 0 fully saturated rings. The van der Waals surface area contributed by atoms with Gasteiger partial charge >= 0.3 is 0 Å². The Morgan fingerprint density at radius 2 is 1.78 bits per heavy atom. The summed E-state index contributed by atoms with van der Waals surface area (Å²) >= 11 is 3.43. The first-order valence-electron chi connectivity index (χ1n) is 8.86. The molecule has 1 heterocycles. The van der Waals surface area contributed by atoms with Crippen molar-refractivity contribution in [1.82, 2.24) is 5.01 Å². The number of hydrogen-bond donors (Lipinski definition) is 0. The number of aliphatic carboxylic acids is 1. The second-order valence-electron chi connectivity index (χ2n) is 6.65. The van der Waals surface area contributed by atoms with Gasteiger partial charge in [0.15, 0.2) is 0 Å². The van der Waals surface area contributed by atoms with Crippen molar-refractivity contribution in [2.24, 2.45) is 5.10 Å². The highest BCUT2D eigenvalue weighted by Crippen LogP contribution is 2.34. The van der Waals surface area contributed by atoms with E-state index in [9.17, 15) is 14.7 Å². The molecule has 1 aliphatic heterocycles. The minimum Gasteiger partial charge on any atom is -0.550 e. The average Bonchev–Trinajstić information content (AvgIpc) is 3.08. The average molecular weight is 428 g/mol. The molecule has 1 atom stereocenters. The van der Waals surface area contributed by atoms with Crippen LogP contribution >= 0.6 is 15.9 Å². The summed E-state index contributed by atoms with van der Waals surface area (Å²) in [5.41, 5.74) is 4.01. The Hall–Kier alpha value is -2.47. The van der Waals surface area contributed by atoms with Crippen molar-refractivity contribution in [2.75, 3.05) is 0 Å². The highest BCUT2D eigenvalue weighted by atomic mass is 79.9. The van der Waals surface area contributed by atoms with Gasteiger partial charge in [-0.25, -0.2) is 5.01 Å². The van der Waals surface area contributed by atoms with Gasteiger partial charge in [-0.3, -0.25) is 4.79 Å². The van der Waals surface area contributed by atoms with E-state index in [0.717, 1.165) is 26.9 Å². The van der Waals surface area contributed by atoms with Crippen LogP contribution in [0.3, 0.4) is 0 Å². The molecule has 0 bridgehead atoms. The molecule has 1 aliphatic rings. The quantitative estimate of drug-likeness (QED) is 0.709. The molecule has 5 nitrogen and oxygen atoms in total. The van der Waals surface area contributed by atoms with Crippen molar-refractivity contribution < 1.29 is 14.7 Å². The lowest BCUT2D eigenvalue weighted by molar-refractivity contribution is -0.305. The molecule has 1 amide bonds. The van der Waals surface area contributed by atoms with Gasteiger partial charge in [-0.2, -0.15) is 5.10 Å². The monoisotopic (exact) mass is 427 g/mol. The van der Waals surface area contributed by atoms with Gasteiger partial charge in [0.25, 0.3) is 0 Å². The van der Waals surface area contributed by atoms with E-state index in [-0.39, 0.29) is 31.2 Å². The number of rotatable bonds is 6. The van der Waals surface area contributed by atoms with Crippen LogP contribution in [0.2, 0.25) is 0 Å². The summed E-state index contributed by atoms with van der Waals surface area (Å²) in [5, 5.41) is 16.7. The normalized spacial score (nSPS) is 16.3. The van der Waals surface area contributed by atoms with Crippen LogP contribution in [0.4, 0.5) is 0 Å². The van der Waals surface area contributed by atoms with Crippen molar-refractivity contribution in [3.63, 3.8) is 0 Å². The summed E-state index contributed by atoms with van der Waals surface area (Å²) in [6.45, 7) is 2.03. The summed E-state index contributed by atoms with van der Waals surface area (Å²) < 4.78 is 0.968. The topological polar surface area (TPSA) is 72.8 Å². The second-order valence-corrected chi connectivity index (χ2v) is 7.56. The van der Waals surface area contributed by atoms with Crippen molar-refractivity contribution in [1.29, 1.82) is 0 Å². The molecule has 0 N–H and O–H groups in total. The largest absolute Gasteiger partial charge is 0.550 e. The SMILES string of the molecule is Cc1ccc(C2=NN(C(=O)CCCC(=O)[O-])[C@H](c3ccc(Br)cc3)C2)cc1. The number of carbonyl (C=O) groups excluding carboxylic acids is 2. The summed E-state index contributed by atoms with van der Waals surface area (Å²) in [7, 11) is 0. The van der Waals surface area contributed by atoms with Gasteiger partial charge in [-0.15, -0.1) is 0 Å². The fraction of sp³-hybridized carbons (Fsp3) is 0.286. The number of carboxylic acid groups (broad SMARTS) is 1. The number of carbonyl (C=O) groups is 2. The summed E-state index contributed by atoms with van der Waals surface area (Å²) in [6, 6.07) is 15.7. The molecule has 0 unspecified atom stereocenters. The van der Waals surface area contributed by atoms with Gasteiger partial charge in [-0.05, 0) is 43.0 Å². The van der Waals surface area contributed by atoms with E-state index in [4.69, 9.17) is 0 Å². The first kappa shape index (κ1) is 19.3. The zero-order valence-electron chi connectivity index (χ0n) is 15.0. The molecule has 2 aromatic carbocycles. The van der Waals surface area contributed by atoms with Crippen LogP contribution in [-0.4, -0.2) is 22.6 Å². The molecule has 0 aliphatic carbocycles. The van der Waals surface area contributed by atoms with Crippen LogP contribution in [-0.2, 0) is 9.59 Å². The number of carboxylic acids is 1. The van der Waals surface area contributed by atoms with Crippen molar-refractivity contribution in [3.05, 3.63) is 69.7 Å². The van der Waals surface area contributed by atoms with Crippen LogP contribution in [0.25, 0.3) is 0 Å². The highest BCUT2D eigenvalue weighted by Gasteiger charge is 2.32. The third-order valence-electron chi connectivity index (χ3n) is 4.58. The molecule has 0 aromatic heterocycles. The van der Waals surface area contributed by atoms with Gasteiger partial charge in [0.2, 0.25) is 5.91 Å². The Kier molecular flexibility index (Phi) is 6.06. The van der Waals surface area contributed by atoms with Crippen molar-refractivity contribution in [2.45, 2.75) is 38.6 Å². The second kappa shape index (κ2) is 8.48. The van der Waals surface area contributed by atoms with E-state index in [2.05, 4.69) is 21.0 Å². The molecule has 0 saturated heterocycles. The van der Waals surface area contributed by atoms with E-state index in [1.165, 1.54) is 5.01 Å². The Bertz CT molecular complexity index is 860. The first-order chi connectivity index (χ1) is 12.9. The van der Waals surface area contributed by atoms with Gasteiger partial charge in [0.1, 0.15) is 0 Å². The Labute approximate surface area is 166 Å².